The Morgan fingerprint density at radius 2 is 2.04 bits per heavy atom. The number of methoxy groups -OCH3 is 1. The molecule has 2 rings (SSSR count). The van der Waals surface area contributed by atoms with Gasteiger partial charge in [-0.15, -0.1) is 0 Å². The van der Waals surface area contributed by atoms with Crippen molar-refractivity contribution in [3.05, 3.63) is 30.2 Å². The summed E-state index contributed by atoms with van der Waals surface area (Å²) in [4.78, 5) is 18.1. The van der Waals surface area contributed by atoms with Crippen molar-refractivity contribution in [1.29, 1.82) is 0 Å². The Bertz CT molecular complexity index is 637. The molecule has 23 heavy (non-hydrogen) atoms. The third kappa shape index (κ3) is 4.21. The van der Waals surface area contributed by atoms with Crippen molar-refractivity contribution in [1.82, 2.24) is 20.4 Å². The van der Waals surface area contributed by atoms with E-state index in [-0.39, 0.29) is 18.6 Å². The van der Waals surface area contributed by atoms with Crippen LogP contribution in [0.2, 0.25) is 0 Å². The van der Waals surface area contributed by atoms with E-state index >= 15 is 0 Å². The number of ether oxygens (including phenoxy) is 1. The minimum Gasteiger partial charge on any atom is -0.497 e. The number of carbonyl (C=O) groups excluding carboxylic acids is 1. The molecule has 7 heteroatoms. The van der Waals surface area contributed by atoms with E-state index in [0.29, 0.717) is 18.3 Å². The van der Waals surface area contributed by atoms with Crippen LogP contribution in [0.15, 0.2) is 28.8 Å². The monoisotopic (exact) mass is 318 g/mol. The van der Waals surface area contributed by atoms with Crippen LogP contribution < -0.4 is 10.1 Å². The topological polar surface area (TPSA) is 80.5 Å². The van der Waals surface area contributed by atoms with Crippen LogP contribution in [-0.2, 0) is 6.54 Å². The van der Waals surface area contributed by atoms with E-state index < -0.39 is 0 Å². The van der Waals surface area contributed by atoms with E-state index in [1.165, 1.54) is 0 Å². The lowest BCUT2D eigenvalue weighted by atomic mass is 10.2. The molecule has 0 saturated heterocycles. The number of hydrogen-bond donors (Lipinski definition) is 1. The highest BCUT2D eigenvalue weighted by atomic mass is 16.5. The molecule has 0 atom stereocenters. The number of hydrogen-bond acceptors (Lipinski definition) is 5. The van der Waals surface area contributed by atoms with Gasteiger partial charge in [-0.1, -0.05) is 5.16 Å². The fraction of sp³-hybridized carbons (Fsp3) is 0.438. The van der Waals surface area contributed by atoms with Gasteiger partial charge in [-0.05, 0) is 45.0 Å². The molecule has 124 valence electrons. The lowest BCUT2D eigenvalue weighted by Gasteiger charge is -2.24. The van der Waals surface area contributed by atoms with Gasteiger partial charge in [0.2, 0.25) is 11.7 Å². The maximum Gasteiger partial charge on any atom is 0.318 e. The molecule has 1 heterocycles. The first-order valence-electron chi connectivity index (χ1n) is 7.56. The Morgan fingerprint density at radius 1 is 1.35 bits per heavy atom. The summed E-state index contributed by atoms with van der Waals surface area (Å²) in [5.74, 6) is 1.65. The van der Waals surface area contributed by atoms with Gasteiger partial charge in [0.25, 0.3) is 0 Å². The van der Waals surface area contributed by atoms with Crippen molar-refractivity contribution in [2.24, 2.45) is 0 Å². The average Bonchev–Trinajstić information content (AvgIpc) is 3.01. The second-order valence-corrected chi connectivity index (χ2v) is 5.30. The number of aromatic nitrogens is 2. The van der Waals surface area contributed by atoms with Gasteiger partial charge >= 0.3 is 6.03 Å². The molecule has 0 radical (unpaired) electrons. The SMILES string of the molecule is CCNC(=O)N(Cc1nc(-c2ccc(OC)cc2)no1)C(C)C. The smallest absolute Gasteiger partial charge is 0.318 e. The summed E-state index contributed by atoms with van der Waals surface area (Å²) in [5, 5.41) is 6.76. The van der Waals surface area contributed by atoms with Crippen molar-refractivity contribution in [2.75, 3.05) is 13.7 Å². The minimum absolute atomic E-state index is 0.0258. The fourth-order valence-corrected chi connectivity index (χ4v) is 2.06. The summed E-state index contributed by atoms with van der Waals surface area (Å²) >= 11 is 0. The third-order valence-corrected chi connectivity index (χ3v) is 3.33. The maximum absolute atomic E-state index is 12.0. The Hall–Kier alpha value is -2.57. The molecule has 0 fully saturated rings. The molecule has 1 aromatic heterocycles. The van der Waals surface area contributed by atoms with E-state index in [1.807, 2.05) is 45.0 Å². The lowest BCUT2D eigenvalue weighted by molar-refractivity contribution is 0.170. The van der Waals surface area contributed by atoms with Crippen LogP contribution >= 0.6 is 0 Å². The molecule has 7 nitrogen and oxygen atoms in total. The van der Waals surface area contributed by atoms with Gasteiger partial charge in [-0.2, -0.15) is 4.98 Å². The molecule has 0 unspecified atom stereocenters. The number of rotatable bonds is 6. The molecule has 0 aliphatic rings. The molecule has 0 spiro atoms. The van der Waals surface area contributed by atoms with Crippen LogP contribution in [0.1, 0.15) is 26.7 Å². The van der Waals surface area contributed by atoms with E-state index in [1.54, 1.807) is 12.0 Å². The first-order valence-corrected chi connectivity index (χ1v) is 7.56. The molecular formula is C16H22N4O3. The number of benzene rings is 1. The number of carbonyl (C=O) groups is 1. The molecule has 0 aliphatic carbocycles. The zero-order valence-electron chi connectivity index (χ0n) is 13.9. The summed E-state index contributed by atoms with van der Waals surface area (Å²) in [6, 6.07) is 7.26. The Morgan fingerprint density at radius 3 is 2.61 bits per heavy atom. The quantitative estimate of drug-likeness (QED) is 0.885. The lowest BCUT2D eigenvalue weighted by Crippen LogP contribution is -2.43. The number of amides is 2. The van der Waals surface area contributed by atoms with E-state index in [0.717, 1.165) is 11.3 Å². The van der Waals surface area contributed by atoms with Crippen LogP contribution in [0.5, 0.6) is 5.75 Å². The predicted molar refractivity (Wildman–Crippen MR) is 86.0 cm³/mol. The summed E-state index contributed by atoms with van der Waals surface area (Å²) in [6.45, 7) is 6.60. The summed E-state index contributed by atoms with van der Waals surface area (Å²) in [7, 11) is 1.61. The van der Waals surface area contributed by atoms with Gasteiger partial charge in [-0.25, -0.2) is 4.79 Å². The summed E-state index contributed by atoms with van der Waals surface area (Å²) in [6.07, 6.45) is 0. The number of urea groups is 1. The average molecular weight is 318 g/mol. The van der Waals surface area contributed by atoms with Gasteiger partial charge in [0, 0.05) is 18.2 Å². The normalized spacial score (nSPS) is 10.7. The predicted octanol–water partition coefficient (Wildman–Crippen LogP) is 2.69. The largest absolute Gasteiger partial charge is 0.497 e. The first kappa shape index (κ1) is 16.8. The van der Waals surface area contributed by atoms with Crippen molar-refractivity contribution in [2.45, 2.75) is 33.4 Å². The van der Waals surface area contributed by atoms with Gasteiger partial charge in [-0.3, -0.25) is 0 Å². The maximum atomic E-state index is 12.0. The second kappa shape index (κ2) is 7.62. The highest BCUT2D eigenvalue weighted by molar-refractivity contribution is 5.74. The Kier molecular flexibility index (Phi) is 5.56. The van der Waals surface area contributed by atoms with Crippen molar-refractivity contribution in [3.8, 4) is 17.1 Å². The van der Waals surface area contributed by atoms with Gasteiger partial charge < -0.3 is 19.5 Å². The highest BCUT2D eigenvalue weighted by Gasteiger charge is 2.20. The van der Waals surface area contributed by atoms with E-state index in [2.05, 4.69) is 15.5 Å². The molecule has 2 aromatic rings. The van der Waals surface area contributed by atoms with E-state index in [4.69, 9.17) is 9.26 Å². The van der Waals surface area contributed by atoms with Crippen molar-refractivity contribution >= 4 is 6.03 Å². The minimum atomic E-state index is -0.147. The molecule has 1 N–H and O–H groups in total. The molecule has 1 aromatic carbocycles. The molecular weight excluding hydrogens is 296 g/mol. The summed E-state index contributed by atoms with van der Waals surface area (Å²) in [5.41, 5.74) is 0.829. The van der Waals surface area contributed by atoms with Gasteiger partial charge in [0.15, 0.2) is 0 Å². The van der Waals surface area contributed by atoms with Crippen molar-refractivity contribution in [3.63, 3.8) is 0 Å². The van der Waals surface area contributed by atoms with Crippen LogP contribution in [-0.4, -0.2) is 40.8 Å². The Balaban J connectivity index is 2.12. The van der Waals surface area contributed by atoms with Gasteiger partial charge in [0.1, 0.15) is 12.3 Å². The number of nitrogens with one attached hydrogen (secondary N) is 1. The zero-order chi connectivity index (χ0) is 16.8. The third-order valence-electron chi connectivity index (χ3n) is 3.33. The standard InChI is InChI=1S/C16H22N4O3/c1-5-17-16(21)20(11(2)3)10-14-18-15(19-23-14)12-6-8-13(22-4)9-7-12/h6-9,11H,5,10H2,1-4H3,(H,17,21). The molecule has 0 saturated carbocycles. The summed E-state index contributed by atoms with van der Waals surface area (Å²) < 4.78 is 10.4. The van der Waals surface area contributed by atoms with Gasteiger partial charge in [0.05, 0.1) is 7.11 Å². The molecule has 0 bridgehead atoms. The van der Waals surface area contributed by atoms with E-state index in [9.17, 15) is 4.79 Å². The fourth-order valence-electron chi connectivity index (χ4n) is 2.06. The van der Waals surface area contributed by atoms with Crippen LogP contribution in [0.4, 0.5) is 4.79 Å². The molecule has 0 aliphatic heterocycles. The Labute approximate surface area is 135 Å². The van der Waals surface area contributed by atoms with Crippen molar-refractivity contribution < 1.29 is 14.1 Å². The van der Waals surface area contributed by atoms with Crippen LogP contribution in [0, 0.1) is 0 Å². The first-order chi connectivity index (χ1) is 11.0. The molecule has 2 amide bonds. The second-order valence-electron chi connectivity index (χ2n) is 5.30. The van der Waals surface area contributed by atoms with Crippen LogP contribution in [0.25, 0.3) is 11.4 Å². The van der Waals surface area contributed by atoms with Crippen LogP contribution in [0.3, 0.4) is 0 Å². The zero-order valence-corrected chi connectivity index (χ0v) is 13.9. The highest BCUT2D eigenvalue weighted by Crippen LogP contribution is 2.20. The number of nitrogens with zero attached hydrogens (tertiary/aromatic N) is 3.